The Morgan fingerprint density at radius 3 is 2.59 bits per heavy atom. The van der Waals surface area contributed by atoms with Crippen LogP contribution in [0.3, 0.4) is 0 Å². The molecule has 0 saturated carbocycles. The minimum Gasteiger partial charge on any atom is -0.339 e. The molecule has 1 heterocycles. The average molecular weight is 237 g/mol. The van der Waals surface area contributed by atoms with Gasteiger partial charge in [-0.2, -0.15) is 0 Å². The molecule has 2 rings (SSSR count). The van der Waals surface area contributed by atoms with Crippen molar-refractivity contribution >= 4 is 5.91 Å². The quantitative estimate of drug-likeness (QED) is 0.673. The van der Waals surface area contributed by atoms with E-state index in [-0.39, 0.29) is 23.4 Å². The van der Waals surface area contributed by atoms with Gasteiger partial charge < -0.3 is 10.6 Å². The van der Waals surface area contributed by atoms with Gasteiger partial charge in [0.15, 0.2) is 0 Å². The van der Waals surface area contributed by atoms with Gasteiger partial charge >= 0.3 is 0 Å². The number of nitrogens with two attached hydrogens (primary N) is 1. The van der Waals surface area contributed by atoms with E-state index in [0.29, 0.717) is 0 Å². The van der Waals surface area contributed by atoms with Crippen LogP contribution in [0.4, 0.5) is 0 Å². The fourth-order valence-electron chi connectivity index (χ4n) is 2.57. The highest BCUT2D eigenvalue weighted by molar-refractivity contribution is 5.81. The first-order valence-corrected chi connectivity index (χ1v) is 6.34. The molecule has 17 heavy (non-hydrogen) atoms. The molecule has 1 amide bonds. The lowest BCUT2D eigenvalue weighted by molar-refractivity contribution is -0.138. The topological polar surface area (TPSA) is 49.6 Å². The SMILES string of the molecule is CN1CCN(C(=O)C2C=CC(N)C2)CC1(C)C. The van der Waals surface area contributed by atoms with Gasteiger partial charge in [-0.3, -0.25) is 9.69 Å². The highest BCUT2D eigenvalue weighted by Crippen LogP contribution is 2.24. The van der Waals surface area contributed by atoms with Crippen molar-refractivity contribution in [2.24, 2.45) is 11.7 Å². The van der Waals surface area contributed by atoms with Crippen LogP contribution in [0.1, 0.15) is 20.3 Å². The summed E-state index contributed by atoms with van der Waals surface area (Å²) in [5.74, 6) is 0.250. The van der Waals surface area contributed by atoms with Crippen LogP contribution in [0.25, 0.3) is 0 Å². The number of hydrogen-bond acceptors (Lipinski definition) is 3. The Bertz CT molecular complexity index is 338. The smallest absolute Gasteiger partial charge is 0.229 e. The standard InChI is InChI=1S/C13H23N3O/c1-13(2)9-16(7-6-15(13)3)12(17)10-4-5-11(14)8-10/h4-5,10-11H,6-9,14H2,1-3H3. The van der Waals surface area contributed by atoms with Gasteiger partial charge in [0.1, 0.15) is 0 Å². The molecule has 1 aliphatic heterocycles. The molecule has 96 valence electrons. The summed E-state index contributed by atoms with van der Waals surface area (Å²) >= 11 is 0. The highest BCUT2D eigenvalue weighted by Gasteiger charge is 2.35. The van der Waals surface area contributed by atoms with Crippen LogP contribution in [0.5, 0.6) is 0 Å². The van der Waals surface area contributed by atoms with Gasteiger partial charge in [0, 0.05) is 31.2 Å². The first kappa shape index (κ1) is 12.6. The summed E-state index contributed by atoms with van der Waals surface area (Å²) < 4.78 is 0. The fraction of sp³-hybridized carbons (Fsp3) is 0.769. The molecule has 0 aromatic rings. The summed E-state index contributed by atoms with van der Waals surface area (Å²) in [5.41, 5.74) is 5.87. The normalized spacial score (nSPS) is 33.1. The van der Waals surface area contributed by atoms with Crippen molar-refractivity contribution in [1.82, 2.24) is 9.80 Å². The summed E-state index contributed by atoms with van der Waals surface area (Å²) in [7, 11) is 2.12. The van der Waals surface area contributed by atoms with Crippen LogP contribution in [-0.2, 0) is 4.79 Å². The minimum absolute atomic E-state index is 0.00389. The van der Waals surface area contributed by atoms with Crippen molar-refractivity contribution in [3.8, 4) is 0 Å². The average Bonchev–Trinajstić information content (AvgIpc) is 2.68. The van der Waals surface area contributed by atoms with Gasteiger partial charge in [0.25, 0.3) is 0 Å². The third-order valence-electron chi connectivity index (χ3n) is 4.06. The second-order valence-electron chi connectivity index (χ2n) is 5.88. The second kappa shape index (κ2) is 4.42. The van der Waals surface area contributed by atoms with E-state index in [0.717, 1.165) is 26.1 Å². The Morgan fingerprint density at radius 1 is 1.35 bits per heavy atom. The lowest BCUT2D eigenvalue weighted by atomic mass is 9.97. The molecule has 0 radical (unpaired) electrons. The lowest BCUT2D eigenvalue weighted by Crippen LogP contribution is -2.59. The molecule has 2 aliphatic rings. The zero-order valence-electron chi connectivity index (χ0n) is 11.0. The number of hydrogen-bond donors (Lipinski definition) is 1. The second-order valence-corrected chi connectivity index (χ2v) is 5.88. The van der Waals surface area contributed by atoms with E-state index in [1.54, 1.807) is 0 Å². The van der Waals surface area contributed by atoms with Crippen molar-refractivity contribution in [3.63, 3.8) is 0 Å². The van der Waals surface area contributed by atoms with E-state index in [9.17, 15) is 4.79 Å². The molecule has 0 aromatic carbocycles. The maximum Gasteiger partial charge on any atom is 0.229 e. The van der Waals surface area contributed by atoms with Crippen molar-refractivity contribution < 1.29 is 4.79 Å². The van der Waals surface area contributed by atoms with Crippen molar-refractivity contribution in [1.29, 1.82) is 0 Å². The Kier molecular flexibility index (Phi) is 3.27. The third kappa shape index (κ3) is 2.53. The molecule has 4 nitrogen and oxygen atoms in total. The molecule has 1 aliphatic carbocycles. The molecular weight excluding hydrogens is 214 g/mol. The van der Waals surface area contributed by atoms with Crippen LogP contribution in [-0.4, -0.2) is 54.0 Å². The number of amides is 1. The third-order valence-corrected chi connectivity index (χ3v) is 4.06. The van der Waals surface area contributed by atoms with Crippen molar-refractivity contribution in [2.45, 2.75) is 31.8 Å². The van der Waals surface area contributed by atoms with E-state index in [4.69, 9.17) is 5.73 Å². The number of carbonyl (C=O) groups excluding carboxylic acids is 1. The van der Waals surface area contributed by atoms with Gasteiger partial charge in [0.2, 0.25) is 5.91 Å². The zero-order valence-corrected chi connectivity index (χ0v) is 11.0. The minimum atomic E-state index is 0.00389. The summed E-state index contributed by atoms with van der Waals surface area (Å²) in [4.78, 5) is 16.6. The van der Waals surface area contributed by atoms with Crippen LogP contribution in [0.2, 0.25) is 0 Å². The molecule has 0 spiro atoms. The Balaban J connectivity index is 1.99. The van der Waals surface area contributed by atoms with Crippen molar-refractivity contribution in [3.05, 3.63) is 12.2 Å². The van der Waals surface area contributed by atoms with Crippen molar-refractivity contribution in [2.75, 3.05) is 26.7 Å². The lowest BCUT2D eigenvalue weighted by Gasteiger charge is -2.45. The van der Waals surface area contributed by atoms with E-state index < -0.39 is 0 Å². The first-order valence-electron chi connectivity index (χ1n) is 6.34. The van der Waals surface area contributed by atoms with Gasteiger partial charge in [-0.1, -0.05) is 12.2 Å². The monoisotopic (exact) mass is 237 g/mol. The molecule has 1 saturated heterocycles. The predicted octanol–water partition coefficient (Wildman–Crippen LogP) is 0.442. The predicted molar refractivity (Wildman–Crippen MR) is 68.5 cm³/mol. The van der Waals surface area contributed by atoms with E-state index in [1.807, 2.05) is 17.1 Å². The van der Waals surface area contributed by atoms with E-state index in [2.05, 4.69) is 25.8 Å². The summed E-state index contributed by atoms with van der Waals surface area (Å²) in [5, 5.41) is 0. The van der Waals surface area contributed by atoms with Crippen LogP contribution < -0.4 is 5.73 Å². The zero-order chi connectivity index (χ0) is 12.6. The largest absolute Gasteiger partial charge is 0.339 e. The molecule has 2 atom stereocenters. The highest BCUT2D eigenvalue weighted by atomic mass is 16.2. The molecular formula is C13H23N3O. The molecule has 4 heteroatoms. The maximum absolute atomic E-state index is 12.3. The van der Waals surface area contributed by atoms with Gasteiger partial charge in [-0.25, -0.2) is 0 Å². The number of carbonyl (C=O) groups is 1. The number of nitrogens with zero attached hydrogens (tertiary/aromatic N) is 2. The number of likely N-dealkylation sites (N-methyl/N-ethyl adjacent to an activating group) is 1. The Labute approximate surface area is 103 Å². The Hall–Kier alpha value is -0.870. The molecule has 2 unspecified atom stereocenters. The number of piperazine rings is 1. The van der Waals surface area contributed by atoms with E-state index in [1.165, 1.54) is 0 Å². The molecule has 0 bridgehead atoms. The maximum atomic E-state index is 12.3. The fourth-order valence-corrected chi connectivity index (χ4v) is 2.57. The first-order chi connectivity index (χ1) is 7.90. The van der Waals surface area contributed by atoms with Crippen LogP contribution in [0.15, 0.2) is 12.2 Å². The van der Waals surface area contributed by atoms with E-state index >= 15 is 0 Å². The molecule has 1 fully saturated rings. The Morgan fingerprint density at radius 2 is 2.06 bits per heavy atom. The summed E-state index contributed by atoms with van der Waals surface area (Å²) in [6, 6.07) is 0.0597. The summed E-state index contributed by atoms with van der Waals surface area (Å²) in [6.45, 7) is 6.95. The molecule has 2 N–H and O–H groups in total. The van der Waals surface area contributed by atoms with Crippen LogP contribution in [0, 0.1) is 5.92 Å². The number of rotatable bonds is 1. The summed E-state index contributed by atoms with van der Waals surface area (Å²) in [6.07, 6.45) is 4.69. The molecule has 0 aromatic heterocycles. The van der Waals surface area contributed by atoms with Gasteiger partial charge in [-0.15, -0.1) is 0 Å². The van der Waals surface area contributed by atoms with Gasteiger partial charge in [0.05, 0.1) is 5.92 Å². The van der Waals surface area contributed by atoms with Gasteiger partial charge in [-0.05, 0) is 27.3 Å². The van der Waals surface area contributed by atoms with Crippen LogP contribution >= 0.6 is 0 Å².